The first-order valence-corrected chi connectivity index (χ1v) is 7.49. The molecule has 0 aliphatic heterocycles. The van der Waals surface area contributed by atoms with Gasteiger partial charge in [0.2, 0.25) is 10.0 Å². The van der Waals surface area contributed by atoms with Gasteiger partial charge in [-0.15, -0.1) is 0 Å². The Balaban J connectivity index is 2.98. The van der Waals surface area contributed by atoms with Crippen molar-refractivity contribution < 1.29 is 17.9 Å². The fraction of sp³-hybridized carbons (Fsp3) is 0.462. The quantitative estimate of drug-likeness (QED) is 0.831. The summed E-state index contributed by atoms with van der Waals surface area (Å²) in [5, 5.41) is 0. The summed E-state index contributed by atoms with van der Waals surface area (Å²) in [6.07, 6.45) is 0. The minimum Gasteiger partial charge on any atom is -0.465 e. The lowest BCUT2D eigenvalue weighted by atomic mass is 10.1. The largest absolute Gasteiger partial charge is 0.465 e. The topological polar surface area (TPSA) is 72.5 Å². The van der Waals surface area contributed by atoms with E-state index in [-0.39, 0.29) is 18.0 Å². The van der Waals surface area contributed by atoms with Crippen LogP contribution in [0.5, 0.6) is 0 Å². The highest BCUT2D eigenvalue weighted by Crippen LogP contribution is 2.21. The maximum absolute atomic E-state index is 12.2. The molecular formula is C13H19NO4S. The molecule has 6 heteroatoms. The van der Waals surface area contributed by atoms with E-state index < -0.39 is 16.0 Å². The van der Waals surface area contributed by atoms with E-state index in [0.717, 1.165) is 5.56 Å². The van der Waals surface area contributed by atoms with E-state index in [1.165, 1.54) is 0 Å². The molecule has 0 aliphatic carbocycles. The zero-order chi connectivity index (χ0) is 14.6. The van der Waals surface area contributed by atoms with Crippen LogP contribution in [0, 0.1) is 20.8 Å². The van der Waals surface area contributed by atoms with Crippen LogP contribution in [-0.2, 0) is 19.6 Å². The number of carbonyl (C=O) groups is 1. The third kappa shape index (κ3) is 4.04. The Kier molecular flexibility index (Phi) is 5.08. The molecule has 0 amide bonds. The number of hydrogen-bond acceptors (Lipinski definition) is 4. The highest BCUT2D eigenvalue weighted by molar-refractivity contribution is 7.89. The molecule has 1 aromatic rings. The minimum atomic E-state index is -3.70. The standard InChI is InChI=1S/C13H19NO4S/c1-5-18-12(15)8-14-19(16,17)13-10(3)6-9(2)7-11(13)4/h6-7,14H,5,8H2,1-4H3. The lowest BCUT2D eigenvalue weighted by Gasteiger charge is -2.12. The molecule has 0 aromatic heterocycles. The van der Waals surface area contributed by atoms with Crippen LogP contribution in [-0.4, -0.2) is 27.5 Å². The Bertz CT molecular complexity index is 555. The number of ether oxygens (including phenoxy) is 1. The number of aryl methyl sites for hydroxylation is 3. The fourth-order valence-corrected chi connectivity index (χ4v) is 3.45. The second-order valence-corrected chi connectivity index (χ2v) is 6.06. The molecule has 0 saturated carbocycles. The van der Waals surface area contributed by atoms with Gasteiger partial charge in [-0.25, -0.2) is 8.42 Å². The van der Waals surface area contributed by atoms with E-state index >= 15 is 0 Å². The number of carbonyl (C=O) groups excluding carboxylic acids is 1. The first kappa shape index (κ1) is 15.7. The maximum Gasteiger partial charge on any atom is 0.321 e. The van der Waals surface area contributed by atoms with Crippen LogP contribution < -0.4 is 4.72 Å². The Morgan fingerprint density at radius 1 is 1.21 bits per heavy atom. The summed E-state index contributed by atoms with van der Waals surface area (Å²) in [5.74, 6) is -0.589. The van der Waals surface area contributed by atoms with Crippen LogP contribution in [0.3, 0.4) is 0 Å². The summed E-state index contributed by atoms with van der Waals surface area (Å²) in [7, 11) is -3.70. The van der Waals surface area contributed by atoms with Crippen molar-refractivity contribution in [2.24, 2.45) is 0 Å². The minimum absolute atomic E-state index is 0.224. The van der Waals surface area contributed by atoms with Gasteiger partial charge in [0.05, 0.1) is 11.5 Å². The monoisotopic (exact) mass is 285 g/mol. The predicted molar refractivity (Wildman–Crippen MR) is 72.5 cm³/mol. The summed E-state index contributed by atoms with van der Waals surface area (Å²) in [4.78, 5) is 11.4. The van der Waals surface area contributed by atoms with Gasteiger partial charge < -0.3 is 4.74 Å². The van der Waals surface area contributed by atoms with Crippen molar-refractivity contribution in [3.05, 3.63) is 28.8 Å². The van der Waals surface area contributed by atoms with Gasteiger partial charge >= 0.3 is 5.97 Å². The van der Waals surface area contributed by atoms with Gasteiger partial charge in [0.1, 0.15) is 6.54 Å². The molecule has 0 fully saturated rings. The highest BCUT2D eigenvalue weighted by Gasteiger charge is 2.20. The molecule has 1 aromatic carbocycles. The Labute approximate surface area is 114 Å². The van der Waals surface area contributed by atoms with E-state index in [4.69, 9.17) is 0 Å². The summed E-state index contributed by atoms with van der Waals surface area (Å²) in [6, 6.07) is 3.60. The van der Waals surface area contributed by atoms with Gasteiger partial charge in [-0.05, 0) is 38.8 Å². The van der Waals surface area contributed by atoms with Crippen molar-refractivity contribution in [3.63, 3.8) is 0 Å². The SMILES string of the molecule is CCOC(=O)CNS(=O)(=O)c1c(C)cc(C)cc1C. The Morgan fingerprint density at radius 2 is 1.74 bits per heavy atom. The van der Waals surface area contributed by atoms with Crippen LogP contribution in [0.4, 0.5) is 0 Å². The van der Waals surface area contributed by atoms with Gasteiger partial charge in [0, 0.05) is 0 Å². The summed E-state index contributed by atoms with van der Waals surface area (Å²) >= 11 is 0. The van der Waals surface area contributed by atoms with Crippen LogP contribution in [0.1, 0.15) is 23.6 Å². The molecule has 0 bridgehead atoms. The third-order valence-electron chi connectivity index (χ3n) is 2.59. The van der Waals surface area contributed by atoms with E-state index in [1.807, 2.05) is 6.92 Å². The van der Waals surface area contributed by atoms with E-state index in [0.29, 0.717) is 11.1 Å². The number of nitrogens with one attached hydrogen (secondary N) is 1. The predicted octanol–water partition coefficient (Wildman–Crippen LogP) is 1.45. The van der Waals surface area contributed by atoms with Crippen molar-refractivity contribution >= 4 is 16.0 Å². The zero-order valence-electron chi connectivity index (χ0n) is 11.6. The summed E-state index contributed by atoms with van der Waals surface area (Å²) in [5.41, 5.74) is 2.32. The summed E-state index contributed by atoms with van der Waals surface area (Å²) < 4.78 is 31.3. The van der Waals surface area contributed by atoms with Gasteiger partial charge in [-0.1, -0.05) is 17.7 Å². The van der Waals surface area contributed by atoms with Gasteiger partial charge in [-0.3, -0.25) is 4.79 Å². The smallest absolute Gasteiger partial charge is 0.321 e. The second-order valence-electron chi connectivity index (χ2n) is 4.36. The van der Waals surface area contributed by atoms with Crippen LogP contribution >= 0.6 is 0 Å². The average molecular weight is 285 g/mol. The lowest BCUT2D eigenvalue weighted by molar-refractivity contribution is -0.141. The molecule has 0 spiro atoms. The van der Waals surface area contributed by atoms with Crippen molar-refractivity contribution in [2.75, 3.05) is 13.2 Å². The molecule has 1 N–H and O–H groups in total. The van der Waals surface area contributed by atoms with E-state index in [9.17, 15) is 13.2 Å². The summed E-state index contributed by atoms with van der Waals surface area (Å²) in [6.45, 7) is 6.91. The molecule has 0 saturated heterocycles. The molecule has 0 unspecified atom stereocenters. The van der Waals surface area contributed by atoms with Gasteiger partial charge in [0.15, 0.2) is 0 Å². The molecule has 0 atom stereocenters. The molecule has 1 rings (SSSR count). The van der Waals surface area contributed by atoms with E-state index in [2.05, 4.69) is 9.46 Å². The normalized spacial score (nSPS) is 11.4. The van der Waals surface area contributed by atoms with Crippen molar-refractivity contribution in [3.8, 4) is 0 Å². The van der Waals surface area contributed by atoms with Gasteiger partial charge in [-0.2, -0.15) is 4.72 Å². The molecule has 0 radical (unpaired) electrons. The van der Waals surface area contributed by atoms with Crippen LogP contribution in [0.15, 0.2) is 17.0 Å². The second kappa shape index (κ2) is 6.16. The Hall–Kier alpha value is -1.40. The lowest BCUT2D eigenvalue weighted by Crippen LogP contribution is -2.31. The third-order valence-corrected chi connectivity index (χ3v) is 4.29. The average Bonchev–Trinajstić information content (AvgIpc) is 2.25. The number of sulfonamides is 1. The first-order valence-electron chi connectivity index (χ1n) is 6.01. The zero-order valence-corrected chi connectivity index (χ0v) is 12.4. The first-order chi connectivity index (χ1) is 8.77. The maximum atomic E-state index is 12.2. The number of rotatable bonds is 5. The van der Waals surface area contributed by atoms with Crippen LogP contribution in [0.2, 0.25) is 0 Å². The highest BCUT2D eigenvalue weighted by atomic mass is 32.2. The molecule has 19 heavy (non-hydrogen) atoms. The number of hydrogen-bond donors (Lipinski definition) is 1. The van der Waals surface area contributed by atoms with Gasteiger partial charge in [0.25, 0.3) is 0 Å². The molecule has 0 aliphatic rings. The molecule has 0 heterocycles. The number of esters is 1. The Morgan fingerprint density at radius 3 is 2.21 bits per heavy atom. The van der Waals surface area contributed by atoms with Crippen molar-refractivity contribution in [1.29, 1.82) is 0 Å². The van der Waals surface area contributed by atoms with Crippen molar-refractivity contribution in [2.45, 2.75) is 32.6 Å². The fourth-order valence-electron chi connectivity index (χ4n) is 2.03. The number of benzene rings is 1. The van der Waals surface area contributed by atoms with E-state index in [1.54, 1.807) is 32.9 Å². The molecular weight excluding hydrogens is 266 g/mol. The van der Waals surface area contributed by atoms with Crippen molar-refractivity contribution in [1.82, 2.24) is 4.72 Å². The molecule has 106 valence electrons. The molecule has 5 nitrogen and oxygen atoms in total. The van der Waals surface area contributed by atoms with Crippen LogP contribution in [0.25, 0.3) is 0 Å².